The van der Waals surface area contributed by atoms with E-state index in [4.69, 9.17) is 9.47 Å². The van der Waals surface area contributed by atoms with Crippen LogP contribution in [0.1, 0.15) is 12.8 Å². The molecule has 0 spiro atoms. The van der Waals surface area contributed by atoms with Crippen LogP contribution in [0.15, 0.2) is 47.5 Å². The third-order valence-corrected chi connectivity index (χ3v) is 6.64. The lowest BCUT2D eigenvalue weighted by molar-refractivity contribution is -0.120. The topological polar surface area (TPSA) is 97.8 Å². The first-order chi connectivity index (χ1) is 14.4. The van der Waals surface area contributed by atoms with E-state index in [1.807, 2.05) is 0 Å². The zero-order valence-corrected chi connectivity index (χ0v) is 17.4. The Balaban J connectivity index is 1.68. The predicted molar refractivity (Wildman–Crippen MR) is 108 cm³/mol. The van der Waals surface area contributed by atoms with Crippen LogP contribution in [0.2, 0.25) is 0 Å². The van der Waals surface area contributed by atoms with E-state index in [1.165, 1.54) is 16.4 Å². The van der Waals surface area contributed by atoms with Gasteiger partial charge in [0.1, 0.15) is 18.1 Å². The van der Waals surface area contributed by atoms with Gasteiger partial charge in [-0.25, -0.2) is 17.8 Å². The Bertz CT molecular complexity index is 969. The van der Waals surface area contributed by atoms with Crippen molar-refractivity contribution in [3.05, 3.63) is 48.4 Å². The van der Waals surface area contributed by atoms with Gasteiger partial charge in [0, 0.05) is 26.4 Å². The molecule has 0 bridgehead atoms. The van der Waals surface area contributed by atoms with Crippen LogP contribution in [0, 0.1) is 11.7 Å². The van der Waals surface area contributed by atoms with Crippen molar-refractivity contribution in [3.63, 3.8) is 0 Å². The number of nitrogens with zero attached hydrogens (tertiary/aromatic N) is 2. The normalized spacial score (nSPS) is 17.5. The third-order valence-electron chi connectivity index (χ3n) is 4.76. The first-order valence-electron chi connectivity index (χ1n) is 9.55. The first kappa shape index (κ1) is 22.1. The van der Waals surface area contributed by atoms with Gasteiger partial charge < -0.3 is 14.8 Å². The summed E-state index contributed by atoms with van der Waals surface area (Å²) in [5, 5.41) is 2.79. The molecule has 1 aromatic heterocycles. The number of methoxy groups -OCH3 is 1. The van der Waals surface area contributed by atoms with Gasteiger partial charge in [-0.1, -0.05) is 0 Å². The Morgan fingerprint density at radius 3 is 2.77 bits per heavy atom. The number of sulfonamides is 1. The summed E-state index contributed by atoms with van der Waals surface area (Å²) in [6.45, 7) is 1.01. The number of hydrogen-bond donors (Lipinski definition) is 1. The summed E-state index contributed by atoms with van der Waals surface area (Å²) >= 11 is 0. The number of amides is 1. The van der Waals surface area contributed by atoms with E-state index in [1.54, 1.807) is 25.4 Å². The Hall–Kier alpha value is -2.56. The summed E-state index contributed by atoms with van der Waals surface area (Å²) in [6, 6.07) is 8.01. The third kappa shape index (κ3) is 5.32. The number of halogens is 1. The molecule has 1 saturated heterocycles. The van der Waals surface area contributed by atoms with Gasteiger partial charge >= 0.3 is 0 Å². The number of benzene rings is 1. The van der Waals surface area contributed by atoms with Crippen molar-refractivity contribution in [2.75, 3.05) is 38.7 Å². The molecule has 1 N–H and O–H groups in total. The quantitative estimate of drug-likeness (QED) is 0.637. The van der Waals surface area contributed by atoms with Crippen LogP contribution >= 0.6 is 0 Å². The van der Waals surface area contributed by atoms with Gasteiger partial charge in [-0.15, -0.1) is 0 Å². The van der Waals surface area contributed by atoms with Crippen molar-refractivity contribution >= 4 is 21.6 Å². The number of hydrogen-bond acceptors (Lipinski definition) is 6. The Morgan fingerprint density at radius 2 is 2.03 bits per heavy atom. The summed E-state index contributed by atoms with van der Waals surface area (Å²) in [5.74, 6) is -1.07. The fourth-order valence-corrected chi connectivity index (χ4v) is 4.71. The molecule has 1 aliphatic heterocycles. The van der Waals surface area contributed by atoms with Crippen LogP contribution in [0.25, 0.3) is 0 Å². The molecular formula is C20H24FN3O5S. The second-order valence-electron chi connectivity index (χ2n) is 6.84. The van der Waals surface area contributed by atoms with Crippen LogP contribution in [0.5, 0.6) is 5.88 Å². The van der Waals surface area contributed by atoms with Crippen LogP contribution in [0.4, 0.5) is 10.1 Å². The Kier molecular flexibility index (Phi) is 7.35. The highest BCUT2D eigenvalue weighted by molar-refractivity contribution is 7.89. The average Bonchev–Trinajstić information content (AvgIpc) is 2.75. The molecule has 162 valence electrons. The molecule has 1 aliphatic rings. The largest absolute Gasteiger partial charge is 0.474 e. The molecule has 1 aromatic carbocycles. The number of carbonyl (C=O) groups excluding carboxylic acids is 1. The van der Waals surface area contributed by atoms with E-state index in [9.17, 15) is 17.6 Å². The minimum atomic E-state index is -3.81. The van der Waals surface area contributed by atoms with E-state index >= 15 is 0 Å². The van der Waals surface area contributed by atoms with E-state index in [2.05, 4.69) is 10.3 Å². The van der Waals surface area contributed by atoms with Crippen LogP contribution in [-0.2, 0) is 19.6 Å². The smallest absolute Gasteiger partial charge is 0.243 e. The van der Waals surface area contributed by atoms with Crippen molar-refractivity contribution in [2.45, 2.75) is 17.7 Å². The maximum absolute atomic E-state index is 13.1. The van der Waals surface area contributed by atoms with E-state index in [0.29, 0.717) is 31.7 Å². The number of nitrogens with one attached hydrogen (secondary N) is 1. The summed E-state index contributed by atoms with van der Waals surface area (Å²) in [5.41, 5.74) is 0.414. The highest BCUT2D eigenvalue weighted by Crippen LogP contribution is 2.26. The molecule has 1 fully saturated rings. The lowest BCUT2D eigenvalue weighted by atomic mass is 9.99. The molecule has 0 aliphatic carbocycles. The lowest BCUT2D eigenvalue weighted by Gasteiger charge is -2.31. The van der Waals surface area contributed by atoms with Gasteiger partial charge in [0.15, 0.2) is 0 Å². The molecule has 0 radical (unpaired) electrons. The molecule has 3 rings (SSSR count). The van der Waals surface area contributed by atoms with Crippen LogP contribution in [-0.4, -0.2) is 57.0 Å². The highest BCUT2D eigenvalue weighted by atomic mass is 32.2. The SMILES string of the molecule is COCCOc1ncccc1NC(=O)C1CCCN(S(=O)(=O)c2ccc(F)cc2)C1. The molecule has 30 heavy (non-hydrogen) atoms. The summed E-state index contributed by atoms with van der Waals surface area (Å²) in [7, 11) is -2.25. The van der Waals surface area contributed by atoms with Crippen molar-refractivity contribution in [1.29, 1.82) is 0 Å². The van der Waals surface area contributed by atoms with Gasteiger partial charge in [0.05, 0.1) is 17.4 Å². The second kappa shape index (κ2) is 9.96. The fourth-order valence-electron chi connectivity index (χ4n) is 3.19. The van der Waals surface area contributed by atoms with Gasteiger partial charge in [0.2, 0.25) is 21.8 Å². The number of rotatable bonds is 8. The molecule has 2 aromatic rings. The average molecular weight is 437 g/mol. The zero-order chi connectivity index (χ0) is 21.6. The molecule has 8 nitrogen and oxygen atoms in total. The minimum Gasteiger partial charge on any atom is -0.474 e. The van der Waals surface area contributed by atoms with Gasteiger partial charge in [-0.05, 0) is 49.2 Å². The van der Waals surface area contributed by atoms with E-state index in [0.717, 1.165) is 12.1 Å². The molecule has 2 heterocycles. The number of ether oxygens (including phenoxy) is 2. The first-order valence-corrected chi connectivity index (χ1v) is 11.0. The predicted octanol–water partition coefficient (Wildman–Crippen LogP) is 2.29. The Morgan fingerprint density at radius 1 is 1.27 bits per heavy atom. The van der Waals surface area contributed by atoms with Gasteiger partial charge in [0.25, 0.3) is 0 Å². The molecular weight excluding hydrogens is 413 g/mol. The van der Waals surface area contributed by atoms with Crippen molar-refractivity contribution in [3.8, 4) is 5.88 Å². The van der Waals surface area contributed by atoms with E-state index < -0.39 is 21.8 Å². The molecule has 1 atom stereocenters. The molecule has 10 heteroatoms. The van der Waals surface area contributed by atoms with E-state index in [-0.39, 0.29) is 29.8 Å². The lowest BCUT2D eigenvalue weighted by Crippen LogP contribution is -2.43. The summed E-state index contributed by atoms with van der Waals surface area (Å²) in [4.78, 5) is 16.9. The summed E-state index contributed by atoms with van der Waals surface area (Å²) < 4.78 is 50.6. The second-order valence-corrected chi connectivity index (χ2v) is 8.78. The monoisotopic (exact) mass is 437 g/mol. The van der Waals surface area contributed by atoms with Crippen molar-refractivity contribution in [1.82, 2.24) is 9.29 Å². The summed E-state index contributed by atoms with van der Waals surface area (Å²) in [6.07, 6.45) is 2.65. The number of aromatic nitrogens is 1. The number of carbonyl (C=O) groups is 1. The van der Waals surface area contributed by atoms with Crippen LogP contribution in [0.3, 0.4) is 0 Å². The Labute approximate surface area is 175 Å². The van der Waals surface area contributed by atoms with Crippen molar-refractivity contribution < 1.29 is 27.1 Å². The maximum Gasteiger partial charge on any atom is 0.243 e. The van der Waals surface area contributed by atoms with Crippen LogP contribution < -0.4 is 10.1 Å². The van der Waals surface area contributed by atoms with Gasteiger partial charge in [-0.2, -0.15) is 4.31 Å². The molecule has 1 unspecified atom stereocenters. The van der Waals surface area contributed by atoms with Gasteiger partial charge in [-0.3, -0.25) is 4.79 Å². The molecule has 0 saturated carbocycles. The number of piperidine rings is 1. The fraction of sp³-hybridized carbons (Fsp3) is 0.400. The standard InChI is InChI=1S/C20H24FN3O5S/c1-28-12-13-29-20-18(5-2-10-22-20)23-19(25)15-4-3-11-24(14-15)30(26,27)17-8-6-16(21)7-9-17/h2,5-10,15H,3-4,11-14H2,1H3,(H,23,25). The number of pyridine rings is 1. The highest BCUT2D eigenvalue weighted by Gasteiger charge is 2.33. The minimum absolute atomic E-state index is 0.00560. The zero-order valence-electron chi connectivity index (χ0n) is 16.6. The maximum atomic E-state index is 13.1. The number of anilines is 1. The molecule has 1 amide bonds. The van der Waals surface area contributed by atoms with Crippen molar-refractivity contribution in [2.24, 2.45) is 5.92 Å².